The maximum atomic E-state index is 12.2. The highest BCUT2D eigenvalue weighted by molar-refractivity contribution is 7.99. The van der Waals surface area contributed by atoms with Crippen LogP contribution in [0.3, 0.4) is 0 Å². The molecule has 0 saturated heterocycles. The van der Waals surface area contributed by atoms with Gasteiger partial charge in [0.2, 0.25) is 0 Å². The van der Waals surface area contributed by atoms with E-state index < -0.39 is 0 Å². The Balaban J connectivity index is 1.65. The first-order valence-electron chi connectivity index (χ1n) is 7.70. The average Bonchev–Trinajstić information content (AvgIpc) is 3.18. The number of carbonyl (C=O) groups excluding carboxylic acids is 1. The summed E-state index contributed by atoms with van der Waals surface area (Å²) in [6, 6.07) is 13.4. The van der Waals surface area contributed by atoms with Crippen LogP contribution in [-0.4, -0.2) is 5.91 Å². The minimum atomic E-state index is -0.252. The van der Waals surface area contributed by atoms with E-state index in [0.29, 0.717) is 17.4 Å². The summed E-state index contributed by atoms with van der Waals surface area (Å²) in [7, 11) is 0. The number of rotatable bonds is 5. The maximum Gasteiger partial charge on any atom is 0.287 e. The standard InChI is InChI=1S/C19H19NO3S/c1-12-5-4-6-13(2)18(12)24-17-10-9-16(23-17)19(21)20-11-15-8-7-14(3)22-15/h4-10H,11H2,1-3H3,(H,20,21). The van der Waals surface area contributed by atoms with Crippen molar-refractivity contribution >= 4 is 17.7 Å². The van der Waals surface area contributed by atoms with Crippen LogP contribution in [0.2, 0.25) is 0 Å². The largest absolute Gasteiger partial charge is 0.465 e. The molecule has 1 amide bonds. The van der Waals surface area contributed by atoms with Gasteiger partial charge in [0.15, 0.2) is 10.9 Å². The van der Waals surface area contributed by atoms with E-state index in [1.54, 1.807) is 6.07 Å². The highest BCUT2D eigenvalue weighted by Crippen LogP contribution is 2.33. The van der Waals surface area contributed by atoms with Crippen LogP contribution >= 0.6 is 11.8 Å². The molecule has 0 aliphatic carbocycles. The lowest BCUT2D eigenvalue weighted by atomic mass is 10.2. The molecule has 3 rings (SSSR count). The molecular formula is C19H19NO3S. The molecule has 4 nitrogen and oxygen atoms in total. The third kappa shape index (κ3) is 3.74. The van der Waals surface area contributed by atoms with Crippen LogP contribution < -0.4 is 5.32 Å². The summed E-state index contributed by atoms with van der Waals surface area (Å²) in [5.74, 6) is 1.59. The fourth-order valence-corrected chi connectivity index (χ4v) is 3.32. The topological polar surface area (TPSA) is 55.4 Å². The zero-order valence-electron chi connectivity index (χ0n) is 13.9. The molecule has 1 N–H and O–H groups in total. The molecule has 0 spiro atoms. The van der Waals surface area contributed by atoms with E-state index in [-0.39, 0.29) is 5.91 Å². The van der Waals surface area contributed by atoms with Crippen LogP contribution in [0.1, 0.15) is 33.2 Å². The van der Waals surface area contributed by atoms with Crippen molar-refractivity contribution in [1.29, 1.82) is 0 Å². The molecule has 1 aromatic carbocycles. The Morgan fingerprint density at radius 3 is 2.42 bits per heavy atom. The van der Waals surface area contributed by atoms with E-state index >= 15 is 0 Å². The van der Waals surface area contributed by atoms with Gasteiger partial charge in [0.05, 0.1) is 6.54 Å². The summed E-state index contributed by atoms with van der Waals surface area (Å²) in [4.78, 5) is 13.3. The van der Waals surface area contributed by atoms with Gasteiger partial charge in [-0.05, 0) is 56.2 Å². The van der Waals surface area contributed by atoms with Crippen molar-refractivity contribution in [2.75, 3.05) is 0 Å². The molecule has 0 saturated carbocycles. The number of carbonyl (C=O) groups is 1. The van der Waals surface area contributed by atoms with Gasteiger partial charge in [0.1, 0.15) is 11.5 Å². The number of aryl methyl sites for hydroxylation is 3. The van der Waals surface area contributed by atoms with Crippen molar-refractivity contribution in [2.45, 2.75) is 37.3 Å². The van der Waals surface area contributed by atoms with Crippen molar-refractivity contribution in [3.05, 3.63) is 70.9 Å². The van der Waals surface area contributed by atoms with Gasteiger partial charge in [-0.2, -0.15) is 0 Å². The third-order valence-corrected chi connectivity index (χ3v) is 4.90. The molecule has 3 aromatic rings. The maximum absolute atomic E-state index is 12.2. The van der Waals surface area contributed by atoms with Gasteiger partial charge in [0, 0.05) is 4.90 Å². The third-order valence-electron chi connectivity index (χ3n) is 3.64. The molecule has 0 fully saturated rings. The summed E-state index contributed by atoms with van der Waals surface area (Å²) >= 11 is 1.53. The van der Waals surface area contributed by atoms with Crippen LogP contribution in [0, 0.1) is 20.8 Å². The van der Waals surface area contributed by atoms with Gasteiger partial charge in [-0.15, -0.1) is 0 Å². The van der Waals surface area contributed by atoms with Crippen molar-refractivity contribution in [3.8, 4) is 0 Å². The molecule has 0 radical (unpaired) electrons. The molecule has 2 aromatic heterocycles. The molecule has 124 valence electrons. The van der Waals surface area contributed by atoms with Crippen LogP contribution in [0.15, 0.2) is 61.3 Å². The average molecular weight is 341 g/mol. The Labute approximate surface area is 145 Å². The first kappa shape index (κ1) is 16.5. The molecule has 0 atom stereocenters. The Morgan fingerprint density at radius 1 is 1.00 bits per heavy atom. The summed E-state index contributed by atoms with van der Waals surface area (Å²) in [6.45, 7) is 6.34. The summed E-state index contributed by atoms with van der Waals surface area (Å²) in [5.41, 5.74) is 2.38. The monoisotopic (exact) mass is 341 g/mol. The van der Waals surface area contributed by atoms with Crippen LogP contribution in [0.5, 0.6) is 0 Å². The Morgan fingerprint density at radius 2 is 1.75 bits per heavy atom. The predicted molar refractivity (Wildman–Crippen MR) is 93.4 cm³/mol. The van der Waals surface area contributed by atoms with Crippen molar-refractivity contribution < 1.29 is 13.6 Å². The van der Waals surface area contributed by atoms with Crippen LogP contribution in [0.25, 0.3) is 0 Å². The predicted octanol–water partition coefficient (Wildman–Crippen LogP) is 4.88. The molecule has 5 heteroatoms. The second kappa shape index (κ2) is 7.01. The van der Waals surface area contributed by atoms with Gasteiger partial charge in [-0.25, -0.2) is 0 Å². The second-order valence-electron chi connectivity index (χ2n) is 5.64. The summed E-state index contributed by atoms with van der Waals surface area (Å²) < 4.78 is 11.1. The molecular weight excluding hydrogens is 322 g/mol. The Hall–Kier alpha value is -2.40. The number of furan rings is 2. The minimum Gasteiger partial charge on any atom is -0.465 e. The number of amides is 1. The lowest BCUT2D eigenvalue weighted by Crippen LogP contribution is -2.21. The molecule has 2 heterocycles. The van der Waals surface area contributed by atoms with E-state index in [1.807, 2.05) is 31.2 Å². The lowest BCUT2D eigenvalue weighted by molar-refractivity contribution is 0.0915. The fraction of sp³-hybridized carbons (Fsp3) is 0.211. The first-order chi connectivity index (χ1) is 11.5. The van der Waals surface area contributed by atoms with E-state index in [0.717, 1.165) is 16.4 Å². The van der Waals surface area contributed by atoms with E-state index in [2.05, 4.69) is 31.3 Å². The Kier molecular flexibility index (Phi) is 4.81. The smallest absolute Gasteiger partial charge is 0.287 e. The number of nitrogens with one attached hydrogen (secondary N) is 1. The molecule has 0 aliphatic heterocycles. The zero-order chi connectivity index (χ0) is 17.1. The summed E-state index contributed by atoms with van der Waals surface area (Å²) in [6.07, 6.45) is 0. The van der Waals surface area contributed by atoms with Crippen molar-refractivity contribution in [3.63, 3.8) is 0 Å². The SMILES string of the molecule is Cc1ccc(CNC(=O)c2ccc(Sc3c(C)cccc3C)o2)o1. The Bertz CT molecular complexity index is 843. The number of hydrogen-bond donors (Lipinski definition) is 1. The molecule has 24 heavy (non-hydrogen) atoms. The van der Waals surface area contributed by atoms with Crippen molar-refractivity contribution in [1.82, 2.24) is 5.32 Å². The van der Waals surface area contributed by atoms with Gasteiger partial charge in [0.25, 0.3) is 5.91 Å². The van der Waals surface area contributed by atoms with Gasteiger partial charge >= 0.3 is 0 Å². The van der Waals surface area contributed by atoms with E-state index in [9.17, 15) is 4.79 Å². The zero-order valence-corrected chi connectivity index (χ0v) is 14.7. The van der Waals surface area contributed by atoms with Crippen LogP contribution in [0.4, 0.5) is 0 Å². The normalized spacial score (nSPS) is 10.8. The minimum absolute atomic E-state index is 0.252. The fourth-order valence-electron chi connectivity index (χ4n) is 2.39. The van der Waals surface area contributed by atoms with E-state index in [4.69, 9.17) is 8.83 Å². The van der Waals surface area contributed by atoms with Crippen molar-refractivity contribution in [2.24, 2.45) is 0 Å². The van der Waals surface area contributed by atoms with Gasteiger partial charge in [-0.1, -0.05) is 30.0 Å². The van der Waals surface area contributed by atoms with Gasteiger partial charge < -0.3 is 14.2 Å². The van der Waals surface area contributed by atoms with Gasteiger partial charge in [-0.3, -0.25) is 4.79 Å². The highest BCUT2D eigenvalue weighted by atomic mass is 32.2. The van der Waals surface area contributed by atoms with Crippen LogP contribution in [-0.2, 0) is 6.54 Å². The second-order valence-corrected chi connectivity index (χ2v) is 6.65. The lowest BCUT2D eigenvalue weighted by Gasteiger charge is -2.06. The number of benzene rings is 1. The van der Waals surface area contributed by atoms with E-state index in [1.165, 1.54) is 22.9 Å². The molecule has 0 aliphatic rings. The molecule has 0 bridgehead atoms. The summed E-state index contributed by atoms with van der Waals surface area (Å²) in [5, 5.41) is 3.49. The first-order valence-corrected chi connectivity index (χ1v) is 8.52. The quantitative estimate of drug-likeness (QED) is 0.718. The molecule has 0 unspecified atom stereocenters. The highest BCUT2D eigenvalue weighted by Gasteiger charge is 2.14. The number of hydrogen-bond acceptors (Lipinski definition) is 4.